The third-order valence-corrected chi connectivity index (χ3v) is 5.56. The molecule has 8 heteroatoms. The van der Waals surface area contributed by atoms with Gasteiger partial charge in [0.25, 0.3) is 0 Å². The molecule has 4 aromatic rings. The SMILES string of the molecule is Cc1cc(N2CC(C)(C)OC2=O)ccc1-n1ccc(=O)c(-c2ccnn2-c2ccccc2)n1. The summed E-state index contributed by atoms with van der Waals surface area (Å²) in [7, 11) is 0. The van der Waals surface area contributed by atoms with E-state index >= 15 is 0 Å². The minimum absolute atomic E-state index is 0.194. The fourth-order valence-electron chi connectivity index (χ4n) is 4.01. The van der Waals surface area contributed by atoms with Gasteiger partial charge in [0.1, 0.15) is 5.60 Å². The van der Waals surface area contributed by atoms with E-state index in [2.05, 4.69) is 10.2 Å². The van der Waals surface area contributed by atoms with Gasteiger partial charge in [-0.2, -0.15) is 10.2 Å². The molecule has 0 saturated carbocycles. The second-order valence-electron chi connectivity index (χ2n) is 8.62. The van der Waals surface area contributed by atoms with Gasteiger partial charge in [-0.15, -0.1) is 0 Å². The molecule has 0 N–H and O–H groups in total. The number of aryl methyl sites for hydroxylation is 1. The zero-order chi connectivity index (χ0) is 23.2. The Kier molecular flexibility index (Phi) is 4.85. The van der Waals surface area contributed by atoms with Crippen LogP contribution in [-0.4, -0.2) is 37.8 Å². The summed E-state index contributed by atoms with van der Waals surface area (Å²) < 4.78 is 8.79. The van der Waals surface area contributed by atoms with Gasteiger partial charge in [0.15, 0.2) is 5.69 Å². The molecule has 1 aliphatic heterocycles. The Morgan fingerprint density at radius 1 is 0.970 bits per heavy atom. The van der Waals surface area contributed by atoms with E-state index in [4.69, 9.17) is 4.74 Å². The van der Waals surface area contributed by atoms with Crippen LogP contribution >= 0.6 is 0 Å². The summed E-state index contributed by atoms with van der Waals surface area (Å²) in [6.07, 6.45) is 2.94. The number of aromatic nitrogens is 4. The highest BCUT2D eigenvalue weighted by atomic mass is 16.6. The predicted octanol–water partition coefficient (Wildman–Crippen LogP) is 4.13. The molecule has 0 radical (unpaired) electrons. The van der Waals surface area contributed by atoms with Crippen LogP contribution in [0.25, 0.3) is 22.8 Å². The zero-order valence-corrected chi connectivity index (χ0v) is 18.6. The smallest absolute Gasteiger partial charge is 0.415 e. The van der Waals surface area contributed by atoms with E-state index in [1.54, 1.807) is 32.7 Å². The second-order valence-corrected chi connectivity index (χ2v) is 8.62. The molecule has 1 amide bonds. The third kappa shape index (κ3) is 3.80. The Balaban J connectivity index is 1.53. The van der Waals surface area contributed by atoms with Crippen LogP contribution in [0.2, 0.25) is 0 Å². The van der Waals surface area contributed by atoms with E-state index in [1.165, 1.54) is 6.07 Å². The summed E-state index contributed by atoms with van der Waals surface area (Å²) in [6, 6.07) is 18.5. The van der Waals surface area contributed by atoms with Gasteiger partial charge in [0, 0.05) is 18.0 Å². The highest BCUT2D eigenvalue weighted by molar-refractivity contribution is 5.90. The van der Waals surface area contributed by atoms with Crippen LogP contribution in [-0.2, 0) is 4.74 Å². The first-order valence-corrected chi connectivity index (χ1v) is 10.6. The number of rotatable bonds is 4. The first-order chi connectivity index (χ1) is 15.8. The third-order valence-electron chi connectivity index (χ3n) is 5.56. The van der Waals surface area contributed by atoms with Gasteiger partial charge >= 0.3 is 6.09 Å². The van der Waals surface area contributed by atoms with Gasteiger partial charge in [0.2, 0.25) is 5.43 Å². The molecule has 166 valence electrons. The molecule has 0 unspecified atom stereocenters. The van der Waals surface area contributed by atoms with Crippen molar-refractivity contribution in [1.29, 1.82) is 0 Å². The largest absolute Gasteiger partial charge is 0.441 e. The number of cyclic esters (lactones) is 1. The average molecular weight is 441 g/mol. The topological polar surface area (TPSA) is 82.3 Å². The highest BCUT2D eigenvalue weighted by Crippen LogP contribution is 2.29. The number of nitrogens with zero attached hydrogens (tertiary/aromatic N) is 5. The molecular weight excluding hydrogens is 418 g/mol. The van der Waals surface area contributed by atoms with E-state index < -0.39 is 5.60 Å². The van der Waals surface area contributed by atoms with E-state index in [0.717, 1.165) is 22.6 Å². The predicted molar refractivity (Wildman–Crippen MR) is 125 cm³/mol. The quantitative estimate of drug-likeness (QED) is 0.476. The average Bonchev–Trinajstić information content (AvgIpc) is 3.38. The lowest BCUT2D eigenvalue weighted by Gasteiger charge is -2.17. The molecule has 1 saturated heterocycles. The summed E-state index contributed by atoms with van der Waals surface area (Å²) >= 11 is 0. The van der Waals surface area contributed by atoms with E-state index in [1.807, 2.05) is 69.3 Å². The number of carbonyl (C=O) groups is 1. The maximum Gasteiger partial charge on any atom is 0.415 e. The summed E-state index contributed by atoms with van der Waals surface area (Å²) in [5, 5.41) is 9.01. The number of amides is 1. The number of carbonyl (C=O) groups excluding carboxylic acids is 1. The molecule has 0 spiro atoms. The zero-order valence-electron chi connectivity index (χ0n) is 18.6. The maximum absolute atomic E-state index is 12.7. The van der Waals surface area contributed by atoms with Crippen LogP contribution in [0.15, 0.2) is 77.9 Å². The molecule has 33 heavy (non-hydrogen) atoms. The number of hydrogen-bond donors (Lipinski definition) is 0. The summed E-state index contributed by atoms with van der Waals surface area (Å²) in [5.74, 6) is 0. The number of ether oxygens (including phenoxy) is 1. The van der Waals surface area contributed by atoms with Crippen molar-refractivity contribution >= 4 is 11.8 Å². The summed E-state index contributed by atoms with van der Waals surface area (Å²) in [5.41, 5.74) is 3.50. The number of hydrogen-bond acceptors (Lipinski definition) is 5. The molecule has 2 aromatic carbocycles. The van der Waals surface area contributed by atoms with Gasteiger partial charge in [0.05, 0.1) is 29.8 Å². The summed E-state index contributed by atoms with van der Waals surface area (Å²) in [6.45, 7) is 6.20. The van der Waals surface area contributed by atoms with Gasteiger partial charge in [-0.05, 0) is 62.7 Å². The Morgan fingerprint density at radius 2 is 1.76 bits per heavy atom. The van der Waals surface area contributed by atoms with Gasteiger partial charge < -0.3 is 4.74 Å². The van der Waals surface area contributed by atoms with E-state index in [9.17, 15) is 9.59 Å². The van der Waals surface area contributed by atoms with E-state index in [0.29, 0.717) is 17.9 Å². The van der Waals surface area contributed by atoms with E-state index in [-0.39, 0.29) is 11.5 Å². The molecule has 3 heterocycles. The van der Waals surface area contributed by atoms with Crippen molar-refractivity contribution < 1.29 is 9.53 Å². The lowest BCUT2D eigenvalue weighted by Crippen LogP contribution is -2.28. The lowest BCUT2D eigenvalue weighted by atomic mass is 10.1. The Hall–Kier alpha value is -4.20. The monoisotopic (exact) mass is 441 g/mol. The Labute approximate surface area is 190 Å². The second kappa shape index (κ2) is 7.74. The van der Waals surface area contributed by atoms with Crippen molar-refractivity contribution in [3.8, 4) is 22.8 Å². The highest BCUT2D eigenvalue weighted by Gasteiger charge is 2.38. The molecule has 1 fully saturated rings. The Bertz CT molecular complexity index is 1410. The van der Waals surface area contributed by atoms with Crippen LogP contribution in [0.3, 0.4) is 0 Å². The number of benzene rings is 2. The van der Waals surface area contributed by atoms with Crippen molar-refractivity contribution in [3.05, 3.63) is 88.8 Å². The molecule has 0 aliphatic carbocycles. The molecule has 0 bridgehead atoms. The van der Waals surface area contributed by atoms with Crippen molar-refractivity contribution in [3.63, 3.8) is 0 Å². The Morgan fingerprint density at radius 3 is 2.45 bits per heavy atom. The normalized spacial score (nSPS) is 15.0. The minimum Gasteiger partial charge on any atom is -0.441 e. The van der Waals surface area contributed by atoms with Crippen molar-refractivity contribution in [2.75, 3.05) is 11.4 Å². The standard InChI is InChI=1S/C25H23N5O3/c1-17-15-19(28-16-25(2,3)33-24(28)32)9-10-20(17)29-14-12-22(31)23(27-29)21-11-13-26-30(21)18-7-5-4-6-8-18/h4-15H,16H2,1-3H3. The van der Waals surface area contributed by atoms with Gasteiger partial charge in [-0.1, -0.05) is 18.2 Å². The molecule has 0 atom stereocenters. The number of para-hydroxylation sites is 1. The molecule has 2 aromatic heterocycles. The number of anilines is 1. The van der Waals surface area contributed by atoms with Crippen LogP contribution in [0.1, 0.15) is 19.4 Å². The molecule has 5 rings (SSSR count). The van der Waals surface area contributed by atoms with Gasteiger partial charge in [-0.3, -0.25) is 9.69 Å². The fourth-order valence-corrected chi connectivity index (χ4v) is 4.01. The van der Waals surface area contributed by atoms with Crippen molar-refractivity contribution in [2.24, 2.45) is 0 Å². The lowest BCUT2D eigenvalue weighted by molar-refractivity contribution is 0.0871. The van der Waals surface area contributed by atoms with Crippen LogP contribution in [0.5, 0.6) is 0 Å². The van der Waals surface area contributed by atoms with Crippen LogP contribution in [0, 0.1) is 6.92 Å². The first-order valence-electron chi connectivity index (χ1n) is 10.6. The first kappa shape index (κ1) is 20.7. The summed E-state index contributed by atoms with van der Waals surface area (Å²) in [4.78, 5) is 26.6. The molecule has 8 nitrogen and oxygen atoms in total. The molecule has 1 aliphatic rings. The van der Waals surface area contributed by atoms with Crippen LogP contribution < -0.4 is 10.3 Å². The minimum atomic E-state index is -0.527. The van der Waals surface area contributed by atoms with Gasteiger partial charge in [-0.25, -0.2) is 14.2 Å². The van der Waals surface area contributed by atoms with Crippen molar-refractivity contribution in [2.45, 2.75) is 26.4 Å². The van der Waals surface area contributed by atoms with Crippen LogP contribution in [0.4, 0.5) is 10.5 Å². The van der Waals surface area contributed by atoms with Crippen molar-refractivity contribution in [1.82, 2.24) is 19.6 Å². The maximum atomic E-state index is 12.7. The fraction of sp³-hybridized carbons (Fsp3) is 0.200. The molecular formula is C25H23N5O3.